The monoisotopic (exact) mass is 380 g/mol. The number of ether oxygens (including phenoxy) is 4. The van der Waals surface area contributed by atoms with E-state index in [1.807, 2.05) is 18.2 Å². The highest BCUT2D eigenvalue weighted by atomic mass is 16.5. The first-order valence-electron chi connectivity index (χ1n) is 9.23. The Labute approximate surface area is 164 Å². The molecule has 1 aliphatic rings. The summed E-state index contributed by atoms with van der Waals surface area (Å²) >= 11 is 0. The summed E-state index contributed by atoms with van der Waals surface area (Å²) in [6, 6.07) is 9.94. The standard InChI is InChI=1S/C22H24N2O4/c1-13-9-16(24-21-18(26-3)6-5-17(25-2)20(13)21)14-10-15-12-23-7-8-28-22(15)19(11-14)27-4/h5-6,9-11,23H,7-8,12H2,1-4H3. The summed E-state index contributed by atoms with van der Waals surface area (Å²) in [5.74, 6) is 3.01. The van der Waals surface area contributed by atoms with E-state index in [-0.39, 0.29) is 0 Å². The van der Waals surface area contributed by atoms with Crippen molar-refractivity contribution < 1.29 is 18.9 Å². The lowest BCUT2D eigenvalue weighted by molar-refractivity contribution is 0.302. The number of nitrogens with zero attached hydrogens (tertiary/aromatic N) is 1. The van der Waals surface area contributed by atoms with Crippen LogP contribution in [0.2, 0.25) is 0 Å². The molecule has 1 N–H and O–H groups in total. The Bertz CT molecular complexity index is 1030. The molecule has 0 saturated heterocycles. The maximum atomic E-state index is 5.88. The Morgan fingerprint density at radius 2 is 1.71 bits per heavy atom. The first-order chi connectivity index (χ1) is 13.7. The van der Waals surface area contributed by atoms with Crippen LogP contribution in [0.3, 0.4) is 0 Å². The Kier molecular flexibility index (Phi) is 4.96. The molecule has 0 unspecified atom stereocenters. The fourth-order valence-corrected chi connectivity index (χ4v) is 3.66. The average Bonchev–Trinajstić information content (AvgIpc) is 2.97. The molecule has 28 heavy (non-hydrogen) atoms. The molecule has 6 nitrogen and oxygen atoms in total. The van der Waals surface area contributed by atoms with Gasteiger partial charge in [0.15, 0.2) is 11.5 Å². The Hall–Kier alpha value is -2.99. The molecule has 0 atom stereocenters. The van der Waals surface area contributed by atoms with Gasteiger partial charge in [-0.25, -0.2) is 4.98 Å². The molecular formula is C22H24N2O4. The summed E-state index contributed by atoms with van der Waals surface area (Å²) in [4.78, 5) is 4.91. The molecule has 1 aliphatic heterocycles. The molecule has 146 valence electrons. The van der Waals surface area contributed by atoms with Crippen LogP contribution in [0.25, 0.3) is 22.2 Å². The van der Waals surface area contributed by atoms with Gasteiger partial charge in [-0.1, -0.05) is 0 Å². The molecule has 2 aromatic carbocycles. The maximum Gasteiger partial charge on any atom is 0.165 e. The number of pyridine rings is 1. The van der Waals surface area contributed by atoms with E-state index >= 15 is 0 Å². The number of fused-ring (bicyclic) bond motifs is 2. The Morgan fingerprint density at radius 1 is 0.964 bits per heavy atom. The summed E-state index contributed by atoms with van der Waals surface area (Å²) in [5.41, 5.74) is 4.72. The molecule has 0 saturated carbocycles. The number of rotatable bonds is 4. The van der Waals surface area contributed by atoms with Crippen LogP contribution in [0.1, 0.15) is 11.1 Å². The maximum absolute atomic E-state index is 5.88. The molecule has 4 rings (SSSR count). The van der Waals surface area contributed by atoms with Crippen LogP contribution >= 0.6 is 0 Å². The smallest absolute Gasteiger partial charge is 0.165 e. The van der Waals surface area contributed by atoms with Gasteiger partial charge in [-0.05, 0) is 42.8 Å². The highest BCUT2D eigenvalue weighted by Gasteiger charge is 2.19. The van der Waals surface area contributed by atoms with E-state index in [1.165, 1.54) is 0 Å². The van der Waals surface area contributed by atoms with Crippen molar-refractivity contribution in [1.29, 1.82) is 0 Å². The Balaban J connectivity index is 1.93. The van der Waals surface area contributed by atoms with E-state index < -0.39 is 0 Å². The second kappa shape index (κ2) is 7.56. The quantitative estimate of drug-likeness (QED) is 0.744. The fourth-order valence-electron chi connectivity index (χ4n) is 3.66. The number of methoxy groups -OCH3 is 3. The first kappa shape index (κ1) is 18.4. The van der Waals surface area contributed by atoms with Crippen molar-refractivity contribution in [2.24, 2.45) is 0 Å². The molecule has 1 aromatic heterocycles. The van der Waals surface area contributed by atoms with E-state index in [2.05, 4.69) is 24.4 Å². The Morgan fingerprint density at radius 3 is 2.46 bits per heavy atom. The zero-order chi connectivity index (χ0) is 19.7. The van der Waals surface area contributed by atoms with Gasteiger partial charge in [0.1, 0.15) is 23.6 Å². The minimum absolute atomic E-state index is 0.618. The molecule has 3 aromatic rings. The van der Waals surface area contributed by atoms with Crippen molar-refractivity contribution in [1.82, 2.24) is 10.3 Å². The minimum atomic E-state index is 0.618. The van der Waals surface area contributed by atoms with Gasteiger partial charge in [-0.3, -0.25) is 0 Å². The van der Waals surface area contributed by atoms with Gasteiger partial charge in [0, 0.05) is 29.6 Å². The third-order valence-corrected chi connectivity index (χ3v) is 5.01. The van der Waals surface area contributed by atoms with Crippen LogP contribution in [0.4, 0.5) is 0 Å². The van der Waals surface area contributed by atoms with Gasteiger partial charge in [-0.2, -0.15) is 0 Å². The van der Waals surface area contributed by atoms with Gasteiger partial charge in [-0.15, -0.1) is 0 Å². The molecule has 0 aliphatic carbocycles. The molecule has 0 bridgehead atoms. The topological polar surface area (TPSA) is 61.8 Å². The van der Waals surface area contributed by atoms with Gasteiger partial charge in [0.05, 0.1) is 27.0 Å². The second-order valence-corrected chi connectivity index (χ2v) is 6.71. The highest BCUT2D eigenvalue weighted by molar-refractivity contribution is 5.94. The van der Waals surface area contributed by atoms with Crippen molar-refractivity contribution in [2.75, 3.05) is 34.5 Å². The molecule has 2 heterocycles. The molecule has 0 fully saturated rings. The predicted molar refractivity (Wildman–Crippen MR) is 109 cm³/mol. The van der Waals surface area contributed by atoms with Crippen molar-refractivity contribution in [3.63, 3.8) is 0 Å². The van der Waals surface area contributed by atoms with Crippen molar-refractivity contribution >= 4 is 10.9 Å². The van der Waals surface area contributed by atoms with Crippen LogP contribution in [-0.4, -0.2) is 39.5 Å². The molecule has 6 heteroatoms. The van der Waals surface area contributed by atoms with E-state index in [0.717, 1.165) is 57.9 Å². The summed E-state index contributed by atoms with van der Waals surface area (Å²) < 4.78 is 22.6. The average molecular weight is 380 g/mol. The second-order valence-electron chi connectivity index (χ2n) is 6.71. The van der Waals surface area contributed by atoms with Gasteiger partial charge >= 0.3 is 0 Å². The zero-order valence-electron chi connectivity index (χ0n) is 16.6. The normalized spacial score (nSPS) is 13.4. The number of aromatic nitrogens is 1. The SMILES string of the molecule is COc1cc(-c2cc(C)c3c(OC)ccc(OC)c3n2)cc2c1OCCNC2. The van der Waals surface area contributed by atoms with Crippen LogP contribution in [0.5, 0.6) is 23.0 Å². The molecular weight excluding hydrogens is 356 g/mol. The largest absolute Gasteiger partial charge is 0.496 e. The van der Waals surface area contributed by atoms with E-state index in [1.54, 1.807) is 21.3 Å². The summed E-state index contributed by atoms with van der Waals surface area (Å²) in [6.07, 6.45) is 0. The van der Waals surface area contributed by atoms with Crippen LogP contribution in [0, 0.1) is 6.92 Å². The highest BCUT2D eigenvalue weighted by Crippen LogP contribution is 2.40. The zero-order valence-corrected chi connectivity index (χ0v) is 16.6. The lowest BCUT2D eigenvalue weighted by atomic mass is 10.0. The van der Waals surface area contributed by atoms with Gasteiger partial charge in [0.25, 0.3) is 0 Å². The lowest BCUT2D eigenvalue weighted by Crippen LogP contribution is -2.16. The van der Waals surface area contributed by atoms with Crippen LogP contribution in [0.15, 0.2) is 30.3 Å². The fraction of sp³-hybridized carbons (Fsp3) is 0.318. The summed E-state index contributed by atoms with van der Waals surface area (Å²) in [6.45, 7) is 4.20. The van der Waals surface area contributed by atoms with Crippen molar-refractivity contribution in [3.05, 3.63) is 41.5 Å². The lowest BCUT2D eigenvalue weighted by Gasteiger charge is -2.16. The van der Waals surface area contributed by atoms with Crippen molar-refractivity contribution in [3.8, 4) is 34.3 Å². The van der Waals surface area contributed by atoms with E-state index in [9.17, 15) is 0 Å². The van der Waals surface area contributed by atoms with Crippen molar-refractivity contribution in [2.45, 2.75) is 13.5 Å². The molecule has 0 amide bonds. The number of nitrogens with one attached hydrogen (secondary N) is 1. The first-order valence-corrected chi connectivity index (χ1v) is 9.23. The summed E-state index contributed by atoms with van der Waals surface area (Å²) in [7, 11) is 4.98. The number of aryl methyl sites for hydroxylation is 1. The minimum Gasteiger partial charge on any atom is -0.496 e. The van der Waals surface area contributed by atoms with Gasteiger partial charge in [0.2, 0.25) is 0 Å². The number of benzene rings is 2. The van der Waals surface area contributed by atoms with Gasteiger partial charge < -0.3 is 24.3 Å². The third kappa shape index (κ3) is 3.10. The third-order valence-electron chi connectivity index (χ3n) is 5.01. The summed E-state index contributed by atoms with van der Waals surface area (Å²) in [5, 5.41) is 4.33. The van der Waals surface area contributed by atoms with E-state index in [4.69, 9.17) is 23.9 Å². The predicted octanol–water partition coefficient (Wildman–Crippen LogP) is 3.72. The van der Waals surface area contributed by atoms with Crippen LogP contribution in [-0.2, 0) is 6.54 Å². The molecule has 0 radical (unpaired) electrons. The van der Waals surface area contributed by atoms with E-state index in [0.29, 0.717) is 18.1 Å². The molecule has 0 spiro atoms. The van der Waals surface area contributed by atoms with Crippen LogP contribution < -0.4 is 24.3 Å². The number of hydrogen-bond donors (Lipinski definition) is 1. The number of hydrogen-bond acceptors (Lipinski definition) is 6.